The van der Waals surface area contributed by atoms with E-state index in [2.05, 4.69) is 26.2 Å². The summed E-state index contributed by atoms with van der Waals surface area (Å²) >= 11 is 3.23. The van der Waals surface area contributed by atoms with Gasteiger partial charge in [-0.05, 0) is 28.1 Å². The standard InChI is InChI=1S/C7H4BrN3O2/c8-5-3-1-2-4-6(7(12)13)9-10-11(4)5/h1-3H,(H,12,13). The number of hydrogen-bond donors (Lipinski definition) is 1. The molecule has 0 fully saturated rings. The van der Waals surface area contributed by atoms with Crippen LogP contribution in [0.3, 0.4) is 0 Å². The van der Waals surface area contributed by atoms with E-state index in [0.717, 1.165) is 0 Å². The molecule has 66 valence electrons. The molecule has 0 atom stereocenters. The summed E-state index contributed by atoms with van der Waals surface area (Å²) in [7, 11) is 0. The number of pyridine rings is 1. The van der Waals surface area contributed by atoms with Crippen molar-refractivity contribution in [1.82, 2.24) is 14.8 Å². The van der Waals surface area contributed by atoms with Crippen LogP contribution in [0.15, 0.2) is 22.8 Å². The Balaban J connectivity index is 2.83. The summed E-state index contributed by atoms with van der Waals surface area (Å²) in [6.07, 6.45) is 0. The third-order valence-electron chi connectivity index (χ3n) is 1.60. The molecule has 0 saturated heterocycles. The highest BCUT2D eigenvalue weighted by atomic mass is 79.9. The minimum absolute atomic E-state index is 0.0405. The Labute approximate surface area is 81.1 Å². The van der Waals surface area contributed by atoms with Crippen molar-refractivity contribution in [1.29, 1.82) is 0 Å². The first kappa shape index (κ1) is 8.18. The molecule has 13 heavy (non-hydrogen) atoms. The van der Waals surface area contributed by atoms with Gasteiger partial charge in [0, 0.05) is 0 Å². The zero-order valence-electron chi connectivity index (χ0n) is 6.31. The molecule has 0 aromatic carbocycles. The molecule has 0 aliphatic heterocycles. The Morgan fingerprint density at radius 3 is 3.00 bits per heavy atom. The van der Waals surface area contributed by atoms with Crippen molar-refractivity contribution < 1.29 is 9.90 Å². The lowest BCUT2D eigenvalue weighted by Crippen LogP contribution is -1.97. The van der Waals surface area contributed by atoms with E-state index in [9.17, 15) is 4.79 Å². The first-order valence-corrected chi connectivity index (χ1v) is 4.22. The van der Waals surface area contributed by atoms with Gasteiger partial charge in [-0.2, -0.15) is 0 Å². The quantitative estimate of drug-likeness (QED) is 0.762. The van der Waals surface area contributed by atoms with Crippen LogP contribution in [-0.2, 0) is 0 Å². The molecule has 0 aliphatic carbocycles. The van der Waals surface area contributed by atoms with E-state index < -0.39 is 5.97 Å². The number of carboxylic acids is 1. The molecule has 0 saturated carbocycles. The second kappa shape index (κ2) is 2.81. The zero-order valence-corrected chi connectivity index (χ0v) is 7.89. The van der Waals surface area contributed by atoms with Crippen molar-refractivity contribution >= 4 is 27.4 Å². The van der Waals surface area contributed by atoms with Crippen molar-refractivity contribution in [2.24, 2.45) is 0 Å². The predicted octanol–water partition coefficient (Wildman–Crippen LogP) is 1.19. The van der Waals surface area contributed by atoms with Gasteiger partial charge in [0.05, 0.1) is 0 Å². The van der Waals surface area contributed by atoms with Crippen LogP contribution < -0.4 is 0 Å². The number of nitrogens with zero attached hydrogens (tertiary/aromatic N) is 3. The van der Waals surface area contributed by atoms with E-state index in [4.69, 9.17) is 5.11 Å². The largest absolute Gasteiger partial charge is 0.476 e. The summed E-state index contributed by atoms with van der Waals surface area (Å²) in [5.41, 5.74) is 0.433. The Morgan fingerprint density at radius 2 is 2.31 bits per heavy atom. The van der Waals surface area contributed by atoms with Gasteiger partial charge in [-0.25, -0.2) is 9.31 Å². The molecule has 0 radical (unpaired) electrons. The van der Waals surface area contributed by atoms with Gasteiger partial charge in [-0.3, -0.25) is 0 Å². The third-order valence-corrected chi connectivity index (χ3v) is 2.20. The van der Waals surface area contributed by atoms with Gasteiger partial charge >= 0.3 is 5.97 Å². The fourth-order valence-electron chi connectivity index (χ4n) is 1.04. The molecule has 0 spiro atoms. The third kappa shape index (κ3) is 1.19. The number of carboxylic acid groups (broad SMARTS) is 1. The molecule has 0 bridgehead atoms. The van der Waals surface area contributed by atoms with Gasteiger partial charge in [-0.1, -0.05) is 11.3 Å². The summed E-state index contributed by atoms with van der Waals surface area (Å²) in [6, 6.07) is 5.14. The Bertz CT molecular complexity index is 480. The highest BCUT2D eigenvalue weighted by Gasteiger charge is 2.13. The van der Waals surface area contributed by atoms with E-state index in [1.54, 1.807) is 18.2 Å². The predicted molar refractivity (Wildman–Crippen MR) is 47.6 cm³/mol. The average Bonchev–Trinajstić information content (AvgIpc) is 2.48. The lowest BCUT2D eigenvalue weighted by Gasteiger charge is -1.93. The molecular weight excluding hydrogens is 238 g/mol. The summed E-state index contributed by atoms with van der Waals surface area (Å²) in [4.78, 5) is 10.7. The molecular formula is C7H4BrN3O2. The summed E-state index contributed by atoms with van der Waals surface area (Å²) in [6.45, 7) is 0. The van der Waals surface area contributed by atoms with Crippen LogP contribution in [0.25, 0.3) is 5.52 Å². The molecule has 6 heteroatoms. The van der Waals surface area contributed by atoms with Crippen LogP contribution in [-0.4, -0.2) is 25.9 Å². The van der Waals surface area contributed by atoms with Gasteiger partial charge in [0.2, 0.25) is 0 Å². The second-order valence-electron chi connectivity index (χ2n) is 2.39. The van der Waals surface area contributed by atoms with Crippen molar-refractivity contribution in [3.8, 4) is 0 Å². The summed E-state index contributed by atoms with van der Waals surface area (Å²) in [5.74, 6) is -1.08. The Kier molecular flexibility index (Phi) is 1.77. The van der Waals surface area contributed by atoms with Crippen molar-refractivity contribution in [3.63, 3.8) is 0 Å². The molecule has 2 heterocycles. The van der Waals surface area contributed by atoms with Crippen LogP contribution in [0.4, 0.5) is 0 Å². The molecule has 2 rings (SSSR count). The number of aromatic nitrogens is 3. The Hall–Kier alpha value is -1.43. The molecule has 0 aliphatic rings. The number of rotatable bonds is 1. The van der Waals surface area contributed by atoms with Crippen LogP contribution in [0.1, 0.15) is 10.5 Å². The molecule has 2 aromatic heterocycles. The molecule has 0 unspecified atom stereocenters. The number of fused-ring (bicyclic) bond motifs is 1. The fraction of sp³-hybridized carbons (Fsp3) is 0. The molecule has 0 amide bonds. The van der Waals surface area contributed by atoms with Gasteiger partial charge in [0.1, 0.15) is 10.1 Å². The van der Waals surface area contributed by atoms with E-state index in [-0.39, 0.29) is 5.69 Å². The average molecular weight is 242 g/mol. The van der Waals surface area contributed by atoms with E-state index in [1.807, 2.05) is 0 Å². The lowest BCUT2D eigenvalue weighted by molar-refractivity contribution is 0.0692. The monoisotopic (exact) mass is 241 g/mol. The minimum atomic E-state index is -1.08. The van der Waals surface area contributed by atoms with Crippen molar-refractivity contribution in [3.05, 3.63) is 28.5 Å². The van der Waals surface area contributed by atoms with E-state index in [0.29, 0.717) is 10.1 Å². The number of halogens is 1. The second-order valence-corrected chi connectivity index (χ2v) is 3.20. The van der Waals surface area contributed by atoms with Crippen LogP contribution >= 0.6 is 15.9 Å². The number of hydrogen-bond acceptors (Lipinski definition) is 3. The summed E-state index contributed by atoms with van der Waals surface area (Å²) in [5, 5.41) is 15.9. The van der Waals surface area contributed by atoms with Gasteiger partial charge in [0.25, 0.3) is 0 Å². The van der Waals surface area contributed by atoms with E-state index >= 15 is 0 Å². The maximum Gasteiger partial charge on any atom is 0.358 e. The Morgan fingerprint density at radius 1 is 1.54 bits per heavy atom. The normalized spacial score (nSPS) is 10.5. The molecule has 1 N–H and O–H groups in total. The van der Waals surface area contributed by atoms with Crippen LogP contribution in [0.2, 0.25) is 0 Å². The molecule has 5 nitrogen and oxygen atoms in total. The molecule has 2 aromatic rings. The maximum atomic E-state index is 10.7. The van der Waals surface area contributed by atoms with Crippen molar-refractivity contribution in [2.45, 2.75) is 0 Å². The minimum Gasteiger partial charge on any atom is -0.476 e. The maximum absolute atomic E-state index is 10.7. The van der Waals surface area contributed by atoms with E-state index in [1.165, 1.54) is 4.52 Å². The zero-order chi connectivity index (χ0) is 9.42. The topological polar surface area (TPSA) is 67.5 Å². The SMILES string of the molecule is O=C(O)c1nnn2c(Br)cccc12. The fourth-order valence-corrected chi connectivity index (χ4v) is 1.45. The summed E-state index contributed by atoms with van der Waals surface area (Å²) < 4.78 is 2.09. The number of aromatic carboxylic acids is 1. The van der Waals surface area contributed by atoms with Gasteiger partial charge < -0.3 is 5.11 Å². The highest BCUT2D eigenvalue weighted by Crippen LogP contribution is 2.14. The van der Waals surface area contributed by atoms with Crippen molar-refractivity contribution in [2.75, 3.05) is 0 Å². The first-order chi connectivity index (χ1) is 6.20. The van der Waals surface area contributed by atoms with Gasteiger partial charge in [0.15, 0.2) is 5.69 Å². The smallest absolute Gasteiger partial charge is 0.358 e. The van der Waals surface area contributed by atoms with Crippen LogP contribution in [0, 0.1) is 0 Å². The number of carbonyl (C=O) groups is 1. The lowest BCUT2D eigenvalue weighted by atomic mass is 10.3. The highest BCUT2D eigenvalue weighted by molar-refractivity contribution is 9.10. The van der Waals surface area contributed by atoms with Crippen LogP contribution in [0.5, 0.6) is 0 Å². The first-order valence-electron chi connectivity index (χ1n) is 3.43. The van der Waals surface area contributed by atoms with Gasteiger partial charge in [-0.15, -0.1) is 5.10 Å².